The van der Waals surface area contributed by atoms with Crippen molar-refractivity contribution < 1.29 is 19.2 Å². The van der Waals surface area contributed by atoms with E-state index < -0.39 is 17.7 Å². The minimum absolute atomic E-state index is 0.0440. The van der Waals surface area contributed by atoms with Crippen molar-refractivity contribution in [3.05, 3.63) is 32.8 Å². The van der Waals surface area contributed by atoms with Gasteiger partial charge in [-0.25, -0.2) is 9.59 Å². The average molecular weight is 350 g/mol. The average Bonchev–Trinajstić information content (AvgIpc) is 2.38. The Bertz CT molecular complexity index is 629. The zero-order valence-corrected chi connectivity index (χ0v) is 12.8. The van der Waals surface area contributed by atoms with Crippen LogP contribution in [0.4, 0.5) is 0 Å². The topological polar surface area (TPSA) is 88.8 Å². The number of halogens is 3. The molecule has 21 heavy (non-hydrogen) atoms. The smallest absolute Gasteiger partial charge is 0.371 e. The fraction of sp³-hybridized carbons (Fsp3) is 0.167. The summed E-state index contributed by atoms with van der Waals surface area (Å²) in [6.45, 7) is 1.59. The molecular formula is C12H7Cl3N2O4. The van der Waals surface area contributed by atoms with Crippen LogP contribution in [0.1, 0.15) is 17.3 Å². The molecule has 6 nitrogen and oxygen atoms in total. The van der Waals surface area contributed by atoms with E-state index in [1.807, 2.05) is 0 Å². The van der Waals surface area contributed by atoms with Gasteiger partial charge in [-0.3, -0.25) is 0 Å². The van der Waals surface area contributed by atoms with Gasteiger partial charge in [0, 0.05) is 5.02 Å². The molecule has 0 N–H and O–H groups in total. The molecule has 0 saturated carbocycles. The first kappa shape index (κ1) is 17.2. The van der Waals surface area contributed by atoms with Crippen LogP contribution in [0.5, 0.6) is 0 Å². The summed E-state index contributed by atoms with van der Waals surface area (Å²) in [7, 11) is 0. The second kappa shape index (κ2) is 7.84. The van der Waals surface area contributed by atoms with Crippen LogP contribution in [0.25, 0.3) is 0 Å². The van der Waals surface area contributed by atoms with Crippen molar-refractivity contribution in [1.29, 1.82) is 5.26 Å². The van der Waals surface area contributed by atoms with Crippen LogP contribution in [0.3, 0.4) is 0 Å². The second-order valence-corrected chi connectivity index (χ2v) is 4.65. The van der Waals surface area contributed by atoms with Crippen LogP contribution < -0.4 is 0 Å². The maximum atomic E-state index is 11.8. The van der Waals surface area contributed by atoms with Gasteiger partial charge in [0.25, 0.3) is 5.71 Å². The molecule has 0 aliphatic heterocycles. The van der Waals surface area contributed by atoms with Gasteiger partial charge in [0.2, 0.25) is 0 Å². The van der Waals surface area contributed by atoms with Crippen LogP contribution in [-0.2, 0) is 14.4 Å². The highest BCUT2D eigenvalue weighted by Crippen LogP contribution is 2.29. The first-order valence-electron chi connectivity index (χ1n) is 5.41. The van der Waals surface area contributed by atoms with Gasteiger partial charge in [-0.2, -0.15) is 5.26 Å². The number of oxime groups is 1. The van der Waals surface area contributed by atoms with Crippen LogP contribution in [0.15, 0.2) is 17.3 Å². The van der Waals surface area contributed by atoms with Crippen LogP contribution in [0, 0.1) is 11.3 Å². The fourth-order valence-corrected chi connectivity index (χ4v) is 2.14. The molecule has 0 saturated heterocycles. The number of carbonyl (C=O) groups excluding carboxylic acids is 2. The maximum Gasteiger partial charge on any atom is 0.371 e. The molecule has 0 heterocycles. The zero-order chi connectivity index (χ0) is 16.0. The first-order valence-corrected chi connectivity index (χ1v) is 6.55. The third-order valence-electron chi connectivity index (χ3n) is 2.01. The fourth-order valence-electron chi connectivity index (χ4n) is 1.17. The Kier molecular flexibility index (Phi) is 6.43. The van der Waals surface area contributed by atoms with Crippen molar-refractivity contribution in [1.82, 2.24) is 0 Å². The van der Waals surface area contributed by atoms with E-state index in [0.29, 0.717) is 0 Å². The first-order chi connectivity index (χ1) is 9.90. The highest BCUT2D eigenvalue weighted by Gasteiger charge is 2.20. The molecule has 9 heteroatoms. The summed E-state index contributed by atoms with van der Waals surface area (Å²) in [5, 5.41) is 12.0. The van der Waals surface area contributed by atoms with Crippen molar-refractivity contribution >= 4 is 52.5 Å². The molecule has 0 spiro atoms. The molecule has 0 bridgehead atoms. The molecule has 0 aliphatic rings. The number of nitrogens with zero attached hydrogens (tertiary/aromatic N) is 2. The molecule has 0 atom stereocenters. The number of rotatable bonds is 4. The maximum absolute atomic E-state index is 11.8. The molecule has 0 unspecified atom stereocenters. The van der Waals surface area contributed by atoms with Gasteiger partial charge in [-0.1, -0.05) is 40.0 Å². The Morgan fingerprint density at radius 3 is 2.33 bits per heavy atom. The number of carbonyl (C=O) groups is 2. The van der Waals surface area contributed by atoms with Crippen molar-refractivity contribution in [3.8, 4) is 6.07 Å². The van der Waals surface area contributed by atoms with Crippen molar-refractivity contribution in [2.24, 2.45) is 5.16 Å². The highest BCUT2D eigenvalue weighted by atomic mass is 35.5. The van der Waals surface area contributed by atoms with Gasteiger partial charge < -0.3 is 9.57 Å². The Morgan fingerprint density at radius 2 is 1.86 bits per heavy atom. The molecule has 0 aliphatic carbocycles. The summed E-state index contributed by atoms with van der Waals surface area (Å²) in [6, 6.07) is 4.01. The van der Waals surface area contributed by atoms with Gasteiger partial charge >= 0.3 is 11.9 Å². The van der Waals surface area contributed by atoms with E-state index >= 15 is 0 Å². The van der Waals surface area contributed by atoms with E-state index in [1.165, 1.54) is 18.2 Å². The molecule has 0 radical (unpaired) electrons. The predicted molar refractivity (Wildman–Crippen MR) is 76.6 cm³/mol. The Hall–Kier alpha value is -1.81. The summed E-state index contributed by atoms with van der Waals surface area (Å²) in [6.07, 6.45) is 0. The largest absolute Gasteiger partial charge is 0.461 e. The van der Waals surface area contributed by atoms with Gasteiger partial charge in [-0.05, 0) is 19.1 Å². The quantitative estimate of drug-likeness (QED) is 0.360. The van der Waals surface area contributed by atoms with Crippen molar-refractivity contribution in [2.45, 2.75) is 6.92 Å². The van der Waals surface area contributed by atoms with Gasteiger partial charge in [0.15, 0.2) is 0 Å². The Balaban J connectivity index is 2.97. The van der Waals surface area contributed by atoms with Crippen LogP contribution in [-0.4, -0.2) is 24.3 Å². The van der Waals surface area contributed by atoms with E-state index in [-0.39, 0.29) is 27.2 Å². The SMILES string of the molecule is CCOC(=O)/C(C#N)=N\OC(=O)c1c(Cl)cc(Cl)cc1Cl. The Labute approximate surface area is 134 Å². The summed E-state index contributed by atoms with van der Waals surface area (Å²) in [5.74, 6) is -2.06. The van der Waals surface area contributed by atoms with Crippen molar-refractivity contribution in [3.63, 3.8) is 0 Å². The van der Waals surface area contributed by atoms with Gasteiger partial charge in [-0.15, -0.1) is 0 Å². The molecule has 0 fully saturated rings. The molecule has 1 aromatic carbocycles. The zero-order valence-electron chi connectivity index (χ0n) is 10.5. The normalized spacial score (nSPS) is 10.7. The standard InChI is InChI=1S/C12H7Cl3N2O4/c1-2-20-11(18)9(5-16)17-21-12(19)10-7(14)3-6(13)4-8(10)15/h3-4H,2H2,1H3/b17-9-. The summed E-state index contributed by atoms with van der Waals surface area (Å²) in [4.78, 5) is 27.5. The lowest BCUT2D eigenvalue weighted by Gasteiger charge is -2.04. The Morgan fingerprint density at radius 1 is 1.29 bits per heavy atom. The molecule has 110 valence electrons. The van der Waals surface area contributed by atoms with E-state index in [4.69, 9.17) is 40.1 Å². The summed E-state index contributed by atoms with van der Waals surface area (Å²) >= 11 is 17.3. The van der Waals surface area contributed by atoms with E-state index in [0.717, 1.165) is 0 Å². The molecule has 0 amide bonds. The number of ether oxygens (including phenoxy) is 1. The van der Waals surface area contributed by atoms with Crippen molar-refractivity contribution in [2.75, 3.05) is 6.61 Å². The predicted octanol–water partition coefficient (Wildman–Crippen LogP) is 3.25. The molecule has 1 rings (SSSR count). The number of benzene rings is 1. The third-order valence-corrected chi connectivity index (χ3v) is 2.82. The lowest BCUT2D eigenvalue weighted by Crippen LogP contribution is -2.17. The van der Waals surface area contributed by atoms with E-state index in [2.05, 4.69) is 14.7 Å². The minimum atomic E-state index is -1.04. The van der Waals surface area contributed by atoms with E-state index in [9.17, 15) is 9.59 Å². The summed E-state index contributed by atoms with van der Waals surface area (Å²) in [5.41, 5.74) is -0.904. The lowest BCUT2D eigenvalue weighted by molar-refractivity contribution is -0.135. The lowest BCUT2D eigenvalue weighted by atomic mass is 10.2. The number of nitriles is 1. The third kappa shape index (κ3) is 4.60. The minimum Gasteiger partial charge on any atom is -0.461 e. The van der Waals surface area contributed by atoms with Crippen LogP contribution >= 0.6 is 34.8 Å². The van der Waals surface area contributed by atoms with Crippen LogP contribution in [0.2, 0.25) is 15.1 Å². The number of hydrogen-bond acceptors (Lipinski definition) is 6. The molecule has 1 aromatic rings. The number of esters is 1. The monoisotopic (exact) mass is 348 g/mol. The van der Waals surface area contributed by atoms with E-state index in [1.54, 1.807) is 6.92 Å². The molecule has 0 aromatic heterocycles. The number of hydrogen-bond donors (Lipinski definition) is 0. The second-order valence-electron chi connectivity index (χ2n) is 3.40. The molecular weight excluding hydrogens is 343 g/mol. The van der Waals surface area contributed by atoms with Gasteiger partial charge in [0.05, 0.1) is 22.2 Å². The summed E-state index contributed by atoms with van der Waals surface area (Å²) < 4.78 is 4.54. The highest BCUT2D eigenvalue weighted by molar-refractivity contribution is 6.43. The van der Waals surface area contributed by atoms with Gasteiger partial charge in [0.1, 0.15) is 6.07 Å².